The van der Waals surface area contributed by atoms with Gasteiger partial charge in [0.2, 0.25) is 0 Å². The molecule has 0 radical (unpaired) electrons. The van der Waals surface area contributed by atoms with Gasteiger partial charge in [-0.05, 0) is 66.7 Å². The molecule has 4 aromatic rings. The number of hydrogen-bond donors (Lipinski definition) is 3. The van der Waals surface area contributed by atoms with E-state index in [0.717, 1.165) is 6.07 Å². The summed E-state index contributed by atoms with van der Waals surface area (Å²) in [4.78, 5) is 37.9. The van der Waals surface area contributed by atoms with Crippen LogP contribution in [0, 0.1) is 5.82 Å². The highest BCUT2D eigenvalue weighted by Gasteiger charge is 2.21. The van der Waals surface area contributed by atoms with E-state index in [0.29, 0.717) is 26.6 Å². The monoisotopic (exact) mass is 484 g/mol. The van der Waals surface area contributed by atoms with E-state index < -0.39 is 23.5 Å². The van der Waals surface area contributed by atoms with Crippen molar-refractivity contribution in [3.05, 3.63) is 94.4 Å². The molecule has 0 fully saturated rings. The Morgan fingerprint density at radius 3 is 2.21 bits per heavy atom. The zero-order chi connectivity index (χ0) is 23.5. The number of benzene rings is 3. The number of hydrogen-bond acceptors (Lipinski definition) is 3. The molecule has 0 bridgehead atoms. The maximum absolute atomic E-state index is 13.4. The van der Waals surface area contributed by atoms with E-state index in [9.17, 15) is 18.8 Å². The fourth-order valence-electron chi connectivity index (χ4n) is 3.11. The number of rotatable bonds is 4. The van der Waals surface area contributed by atoms with Gasteiger partial charge in [0.05, 0.1) is 5.52 Å². The van der Waals surface area contributed by atoms with Gasteiger partial charge in [-0.25, -0.2) is 9.07 Å². The summed E-state index contributed by atoms with van der Waals surface area (Å²) < 4.78 is 14.5. The number of carbonyl (C=O) groups is 3. The van der Waals surface area contributed by atoms with Gasteiger partial charge in [-0.1, -0.05) is 29.3 Å². The summed E-state index contributed by atoms with van der Waals surface area (Å²) >= 11 is 11.9. The second kappa shape index (κ2) is 9.32. The van der Waals surface area contributed by atoms with Crippen molar-refractivity contribution in [1.29, 1.82) is 0 Å². The molecule has 0 saturated carbocycles. The third-order valence-corrected chi connectivity index (χ3v) is 5.09. The van der Waals surface area contributed by atoms with Crippen LogP contribution >= 0.6 is 23.2 Å². The zero-order valence-corrected chi connectivity index (χ0v) is 18.2. The molecule has 0 aliphatic heterocycles. The predicted molar refractivity (Wildman–Crippen MR) is 126 cm³/mol. The summed E-state index contributed by atoms with van der Waals surface area (Å²) in [5.74, 6) is -3.22. The van der Waals surface area contributed by atoms with Crippen LogP contribution in [-0.4, -0.2) is 22.4 Å². The number of halogens is 3. The molecule has 1 heterocycles. The first-order valence-corrected chi connectivity index (χ1v) is 10.3. The fraction of sp³-hybridized carbons (Fsp3) is 0. The molecule has 0 spiro atoms. The molecule has 3 aromatic carbocycles. The van der Waals surface area contributed by atoms with Gasteiger partial charge in [0.15, 0.2) is 0 Å². The first-order valence-electron chi connectivity index (χ1n) is 9.56. The highest BCUT2D eigenvalue weighted by molar-refractivity contribution is 6.42. The molecule has 4 rings (SSSR count). The summed E-state index contributed by atoms with van der Waals surface area (Å²) in [6.45, 7) is 0. The van der Waals surface area contributed by atoms with Gasteiger partial charge in [-0.15, -0.1) is 0 Å². The molecule has 0 aliphatic carbocycles. The number of carbonyl (C=O) groups excluding carboxylic acids is 3. The third kappa shape index (κ3) is 5.14. The van der Waals surface area contributed by atoms with Gasteiger partial charge in [0.25, 0.3) is 5.91 Å². The summed E-state index contributed by atoms with van der Waals surface area (Å²) in [7, 11) is 0. The molecule has 0 atom stereocenters. The minimum atomic E-state index is -1.06. The van der Waals surface area contributed by atoms with Crippen molar-refractivity contribution in [3.63, 3.8) is 0 Å². The van der Waals surface area contributed by atoms with Crippen LogP contribution in [0.2, 0.25) is 10.0 Å². The topological polar surface area (TPSA) is 92.2 Å². The first kappa shape index (κ1) is 22.3. The number of anilines is 2. The number of amides is 3. The van der Waals surface area contributed by atoms with E-state index >= 15 is 0 Å². The summed E-state index contributed by atoms with van der Waals surface area (Å²) in [5, 5.41) is 6.51. The largest absolute Gasteiger partial charge is 0.328 e. The van der Waals surface area contributed by atoms with Crippen LogP contribution in [0.3, 0.4) is 0 Å². The summed E-state index contributed by atoms with van der Waals surface area (Å²) in [6, 6.07) is 17.9. The number of fused-ring (bicyclic) bond motifs is 1. The van der Waals surface area contributed by atoms with Gasteiger partial charge in [-0.2, -0.15) is 0 Å². The SMILES string of the molecule is O=C(Nc1cccc(F)c1)C(=O)Nn1c(C(=O)Nc2ccc(Cl)cc2)cc2cc(Cl)ccc21. The van der Waals surface area contributed by atoms with E-state index in [-0.39, 0.29) is 11.4 Å². The lowest BCUT2D eigenvalue weighted by molar-refractivity contribution is -0.133. The average Bonchev–Trinajstić information content (AvgIpc) is 3.12. The lowest BCUT2D eigenvalue weighted by Gasteiger charge is -2.13. The van der Waals surface area contributed by atoms with E-state index in [1.54, 1.807) is 42.5 Å². The molecular formula is C23H15Cl2FN4O3. The quantitative estimate of drug-likeness (QED) is 0.354. The van der Waals surface area contributed by atoms with Crippen LogP contribution < -0.4 is 16.1 Å². The minimum Gasteiger partial charge on any atom is -0.321 e. The van der Waals surface area contributed by atoms with Crippen LogP contribution in [-0.2, 0) is 9.59 Å². The highest BCUT2D eigenvalue weighted by atomic mass is 35.5. The number of nitrogens with zero attached hydrogens (tertiary/aromatic N) is 1. The molecular weight excluding hydrogens is 470 g/mol. The Hall–Kier alpha value is -3.88. The van der Waals surface area contributed by atoms with Gasteiger partial charge in [-0.3, -0.25) is 19.8 Å². The van der Waals surface area contributed by atoms with E-state index in [1.807, 2.05) is 0 Å². The average molecular weight is 485 g/mol. The first-order chi connectivity index (χ1) is 15.8. The summed E-state index contributed by atoms with van der Waals surface area (Å²) in [5.41, 5.74) is 3.49. The summed E-state index contributed by atoms with van der Waals surface area (Å²) in [6.07, 6.45) is 0. The maximum Gasteiger partial charge on any atom is 0.328 e. The smallest absolute Gasteiger partial charge is 0.321 e. The molecule has 0 unspecified atom stereocenters. The molecule has 166 valence electrons. The van der Waals surface area contributed by atoms with Crippen molar-refractivity contribution in [3.8, 4) is 0 Å². The predicted octanol–water partition coefficient (Wildman–Crippen LogP) is 5.05. The van der Waals surface area contributed by atoms with Crippen molar-refractivity contribution in [2.45, 2.75) is 0 Å². The molecule has 3 N–H and O–H groups in total. The molecule has 0 aliphatic rings. The van der Waals surface area contributed by atoms with Gasteiger partial charge < -0.3 is 10.6 Å². The molecule has 0 saturated heterocycles. The standard InChI is InChI=1S/C23H15Cl2FN4O3/c24-14-4-7-17(8-5-14)27-21(31)20-11-13-10-15(25)6-9-19(13)30(20)29-23(33)22(32)28-18-3-1-2-16(26)12-18/h1-12H,(H,27,31)(H,28,32)(H,29,33). The minimum absolute atomic E-state index is 0.0501. The van der Waals surface area contributed by atoms with Crippen molar-refractivity contribution >= 4 is 63.2 Å². The Balaban J connectivity index is 1.62. The van der Waals surface area contributed by atoms with Crippen LogP contribution in [0.4, 0.5) is 15.8 Å². The third-order valence-electron chi connectivity index (χ3n) is 4.60. The van der Waals surface area contributed by atoms with Gasteiger partial charge >= 0.3 is 11.8 Å². The number of aromatic nitrogens is 1. The molecule has 7 nitrogen and oxygen atoms in total. The zero-order valence-electron chi connectivity index (χ0n) is 16.7. The Kier molecular flexibility index (Phi) is 6.30. The van der Waals surface area contributed by atoms with Crippen LogP contribution in [0.15, 0.2) is 72.8 Å². The van der Waals surface area contributed by atoms with Gasteiger partial charge in [0.1, 0.15) is 11.5 Å². The highest BCUT2D eigenvalue weighted by Crippen LogP contribution is 2.24. The molecule has 1 aromatic heterocycles. The van der Waals surface area contributed by atoms with Crippen molar-refractivity contribution in [2.75, 3.05) is 16.1 Å². The Morgan fingerprint density at radius 2 is 1.48 bits per heavy atom. The lowest BCUT2D eigenvalue weighted by atomic mass is 10.2. The van der Waals surface area contributed by atoms with E-state index in [2.05, 4.69) is 16.1 Å². The second-order valence-electron chi connectivity index (χ2n) is 6.93. The van der Waals surface area contributed by atoms with E-state index in [1.165, 1.54) is 28.9 Å². The Bertz CT molecular complexity index is 1390. The normalized spacial score (nSPS) is 10.6. The lowest BCUT2D eigenvalue weighted by Crippen LogP contribution is -2.36. The Morgan fingerprint density at radius 1 is 0.758 bits per heavy atom. The van der Waals surface area contributed by atoms with Gasteiger partial charge in [0, 0.05) is 26.8 Å². The molecule has 3 amide bonds. The van der Waals surface area contributed by atoms with Crippen LogP contribution in [0.1, 0.15) is 10.5 Å². The molecule has 33 heavy (non-hydrogen) atoms. The van der Waals surface area contributed by atoms with Crippen molar-refractivity contribution < 1.29 is 18.8 Å². The Labute approximate surface area is 197 Å². The van der Waals surface area contributed by atoms with Crippen LogP contribution in [0.25, 0.3) is 10.9 Å². The fourth-order valence-corrected chi connectivity index (χ4v) is 3.42. The number of nitrogens with one attached hydrogen (secondary N) is 3. The van der Waals surface area contributed by atoms with Crippen molar-refractivity contribution in [2.24, 2.45) is 0 Å². The van der Waals surface area contributed by atoms with E-state index in [4.69, 9.17) is 23.2 Å². The van der Waals surface area contributed by atoms with Crippen molar-refractivity contribution in [1.82, 2.24) is 4.68 Å². The van der Waals surface area contributed by atoms with Crippen LogP contribution in [0.5, 0.6) is 0 Å². The molecule has 10 heteroatoms. The maximum atomic E-state index is 13.4. The second-order valence-corrected chi connectivity index (χ2v) is 7.81.